The van der Waals surface area contributed by atoms with Crippen LogP contribution in [0, 0.1) is 0 Å². The summed E-state index contributed by atoms with van der Waals surface area (Å²) in [6.07, 6.45) is 5.46. The van der Waals surface area contributed by atoms with Gasteiger partial charge in [0.1, 0.15) is 0 Å². The van der Waals surface area contributed by atoms with E-state index in [4.69, 9.17) is 5.73 Å². The third kappa shape index (κ3) is 1.57. The molecule has 0 radical (unpaired) electrons. The summed E-state index contributed by atoms with van der Waals surface area (Å²) < 4.78 is 0. The highest BCUT2D eigenvalue weighted by Gasteiger charge is 2.35. The van der Waals surface area contributed by atoms with Crippen LogP contribution < -0.4 is 10.6 Å². The minimum atomic E-state index is 0.166. The fourth-order valence-electron chi connectivity index (χ4n) is 3.46. The number of fused-ring (bicyclic) bond motifs is 1. The Labute approximate surface area is 108 Å². The summed E-state index contributed by atoms with van der Waals surface area (Å²) in [5.74, 6) is 0.190. The maximum absolute atomic E-state index is 11.7. The smallest absolute Gasteiger partial charge is 0.231 e. The third-order valence-corrected chi connectivity index (χ3v) is 4.72. The molecule has 0 saturated heterocycles. The van der Waals surface area contributed by atoms with Crippen LogP contribution in [0.5, 0.6) is 0 Å². The van der Waals surface area contributed by atoms with Crippen LogP contribution in [-0.2, 0) is 16.6 Å². The van der Waals surface area contributed by atoms with Gasteiger partial charge in [-0.1, -0.05) is 25.0 Å². The van der Waals surface area contributed by atoms with Crippen LogP contribution in [0.15, 0.2) is 18.2 Å². The molecule has 0 spiro atoms. The molecule has 1 aromatic carbocycles. The Morgan fingerprint density at radius 1 is 1.33 bits per heavy atom. The number of hydrogen-bond acceptors (Lipinski definition) is 2. The average Bonchev–Trinajstić information content (AvgIpc) is 2.96. The van der Waals surface area contributed by atoms with E-state index in [1.807, 2.05) is 7.05 Å². The maximum atomic E-state index is 11.7. The first-order valence-electron chi connectivity index (χ1n) is 6.76. The van der Waals surface area contributed by atoms with Gasteiger partial charge in [0.05, 0.1) is 6.42 Å². The van der Waals surface area contributed by atoms with Crippen LogP contribution in [0.2, 0.25) is 0 Å². The molecule has 3 heteroatoms. The number of carbonyl (C=O) groups is 1. The van der Waals surface area contributed by atoms with Crippen molar-refractivity contribution in [2.75, 3.05) is 18.5 Å². The Bertz CT molecular complexity index is 489. The summed E-state index contributed by atoms with van der Waals surface area (Å²) in [5.41, 5.74) is 9.76. The van der Waals surface area contributed by atoms with Crippen molar-refractivity contribution in [1.82, 2.24) is 0 Å². The lowest BCUT2D eigenvalue weighted by Gasteiger charge is -2.28. The SMILES string of the molecule is CN1C(=O)Cc2cc(C3(CN)CCCC3)ccc21. The second kappa shape index (κ2) is 4.09. The van der Waals surface area contributed by atoms with Gasteiger partial charge in [0.15, 0.2) is 0 Å². The molecule has 1 aliphatic carbocycles. The van der Waals surface area contributed by atoms with Gasteiger partial charge < -0.3 is 10.6 Å². The molecule has 1 saturated carbocycles. The number of benzene rings is 1. The van der Waals surface area contributed by atoms with Crippen LogP contribution in [-0.4, -0.2) is 19.5 Å². The number of likely N-dealkylation sites (N-methyl/N-ethyl adjacent to an activating group) is 1. The number of carbonyl (C=O) groups excluding carboxylic acids is 1. The Hall–Kier alpha value is -1.35. The molecule has 0 atom stereocenters. The predicted molar refractivity (Wildman–Crippen MR) is 72.8 cm³/mol. The van der Waals surface area contributed by atoms with Crippen LogP contribution in [0.1, 0.15) is 36.8 Å². The molecule has 1 heterocycles. The first kappa shape index (κ1) is 11.7. The van der Waals surface area contributed by atoms with Gasteiger partial charge in [-0.05, 0) is 30.0 Å². The summed E-state index contributed by atoms with van der Waals surface area (Å²) in [7, 11) is 1.85. The van der Waals surface area contributed by atoms with Gasteiger partial charge in [-0.25, -0.2) is 0 Å². The molecule has 1 aliphatic heterocycles. The van der Waals surface area contributed by atoms with Crippen molar-refractivity contribution in [2.24, 2.45) is 5.73 Å². The van der Waals surface area contributed by atoms with Gasteiger partial charge in [-0.15, -0.1) is 0 Å². The molecule has 1 aromatic rings. The van der Waals surface area contributed by atoms with Gasteiger partial charge in [0, 0.05) is 24.7 Å². The third-order valence-electron chi connectivity index (χ3n) is 4.72. The van der Waals surface area contributed by atoms with Crippen molar-refractivity contribution in [3.63, 3.8) is 0 Å². The first-order valence-corrected chi connectivity index (χ1v) is 6.76. The molecule has 2 aliphatic rings. The summed E-state index contributed by atoms with van der Waals surface area (Å²) in [6.45, 7) is 0.718. The molecule has 1 fully saturated rings. The van der Waals surface area contributed by atoms with E-state index in [0.29, 0.717) is 6.42 Å². The Balaban J connectivity index is 2.01. The summed E-state index contributed by atoms with van der Waals surface area (Å²) >= 11 is 0. The topological polar surface area (TPSA) is 46.3 Å². The molecular formula is C15H20N2O. The number of amides is 1. The molecule has 0 bridgehead atoms. The van der Waals surface area contributed by atoms with Crippen molar-refractivity contribution < 1.29 is 4.79 Å². The second-order valence-electron chi connectivity index (χ2n) is 5.66. The van der Waals surface area contributed by atoms with Crippen LogP contribution in [0.25, 0.3) is 0 Å². The van der Waals surface area contributed by atoms with E-state index in [0.717, 1.165) is 12.2 Å². The number of rotatable bonds is 2. The molecule has 96 valence electrons. The molecule has 3 nitrogen and oxygen atoms in total. The van der Waals surface area contributed by atoms with Crippen LogP contribution in [0.4, 0.5) is 5.69 Å². The molecule has 0 aromatic heterocycles. The zero-order chi connectivity index (χ0) is 12.8. The highest BCUT2D eigenvalue weighted by atomic mass is 16.2. The fraction of sp³-hybridized carbons (Fsp3) is 0.533. The summed E-state index contributed by atoms with van der Waals surface area (Å²) in [6, 6.07) is 6.48. The molecule has 2 N–H and O–H groups in total. The van der Waals surface area contributed by atoms with E-state index in [1.54, 1.807) is 4.90 Å². The highest BCUT2D eigenvalue weighted by Crippen LogP contribution is 2.42. The Kier molecular flexibility index (Phi) is 2.67. The van der Waals surface area contributed by atoms with Crippen molar-refractivity contribution >= 4 is 11.6 Å². The van der Waals surface area contributed by atoms with E-state index >= 15 is 0 Å². The van der Waals surface area contributed by atoms with Crippen LogP contribution in [0.3, 0.4) is 0 Å². The maximum Gasteiger partial charge on any atom is 0.231 e. The number of nitrogens with zero attached hydrogens (tertiary/aromatic N) is 1. The van der Waals surface area contributed by atoms with Crippen LogP contribution >= 0.6 is 0 Å². The van der Waals surface area contributed by atoms with Crippen molar-refractivity contribution in [2.45, 2.75) is 37.5 Å². The summed E-state index contributed by atoms with van der Waals surface area (Å²) in [4.78, 5) is 13.5. The van der Waals surface area contributed by atoms with E-state index < -0.39 is 0 Å². The average molecular weight is 244 g/mol. The van der Waals surface area contributed by atoms with Gasteiger partial charge >= 0.3 is 0 Å². The lowest BCUT2D eigenvalue weighted by molar-refractivity contribution is -0.117. The van der Waals surface area contributed by atoms with E-state index in [1.165, 1.54) is 36.8 Å². The predicted octanol–water partition coefficient (Wildman–Crippen LogP) is 1.98. The second-order valence-corrected chi connectivity index (χ2v) is 5.66. The van der Waals surface area contributed by atoms with Crippen molar-refractivity contribution in [3.8, 4) is 0 Å². The van der Waals surface area contributed by atoms with Gasteiger partial charge in [0.2, 0.25) is 5.91 Å². The molecule has 3 rings (SSSR count). The molecule has 1 amide bonds. The Morgan fingerprint density at radius 3 is 2.72 bits per heavy atom. The zero-order valence-electron chi connectivity index (χ0n) is 10.9. The monoisotopic (exact) mass is 244 g/mol. The minimum absolute atomic E-state index is 0.166. The first-order chi connectivity index (χ1) is 8.66. The van der Waals surface area contributed by atoms with Gasteiger partial charge in [-0.3, -0.25) is 4.79 Å². The van der Waals surface area contributed by atoms with Crippen molar-refractivity contribution in [1.29, 1.82) is 0 Å². The minimum Gasteiger partial charge on any atom is -0.330 e. The normalized spacial score (nSPS) is 21.4. The lowest BCUT2D eigenvalue weighted by Crippen LogP contribution is -2.32. The van der Waals surface area contributed by atoms with E-state index in [2.05, 4.69) is 18.2 Å². The standard InChI is InChI=1S/C15H20N2O/c1-17-13-5-4-12(8-11(13)9-14(17)18)15(10-16)6-2-3-7-15/h4-5,8H,2-3,6-7,9-10,16H2,1H3. The van der Waals surface area contributed by atoms with Gasteiger partial charge in [0.25, 0.3) is 0 Å². The fourth-order valence-corrected chi connectivity index (χ4v) is 3.46. The molecule has 0 unspecified atom stereocenters. The Morgan fingerprint density at radius 2 is 2.06 bits per heavy atom. The quantitative estimate of drug-likeness (QED) is 0.864. The lowest BCUT2D eigenvalue weighted by atomic mass is 9.78. The number of hydrogen-bond donors (Lipinski definition) is 1. The number of anilines is 1. The van der Waals surface area contributed by atoms with Gasteiger partial charge in [-0.2, -0.15) is 0 Å². The zero-order valence-corrected chi connectivity index (χ0v) is 10.9. The summed E-state index contributed by atoms with van der Waals surface area (Å²) in [5, 5.41) is 0. The molecule has 18 heavy (non-hydrogen) atoms. The largest absolute Gasteiger partial charge is 0.330 e. The van der Waals surface area contributed by atoms with E-state index in [9.17, 15) is 4.79 Å². The molecular weight excluding hydrogens is 224 g/mol. The van der Waals surface area contributed by atoms with E-state index in [-0.39, 0.29) is 11.3 Å². The highest BCUT2D eigenvalue weighted by molar-refractivity contribution is 6.00. The number of nitrogens with two attached hydrogens (primary N) is 1. The van der Waals surface area contributed by atoms with Crippen molar-refractivity contribution in [3.05, 3.63) is 29.3 Å².